The van der Waals surface area contributed by atoms with Crippen molar-refractivity contribution in [3.63, 3.8) is 0 Å². The molecule has 1 unspecified atom stereocenters. The molecule has 1 atom stereocenters. The predicted molar refractivity (Wildman–Crippen MR) is 58.4 cm³/mol. The van der Waals surface area contributed by atoms with Crippen molar-refractivity contribution in [2.75, 3.05) is 6.61 Å². The molecule has 0 amide bonds. The first-order valence-electron chi connectivity index (χ1n) is 4.76. The molecule has 1 aromatic carbocycles. The lowest BCUT2D eigenvalue weighted by atomic mass is 10.3. The van der Waals surface area contributed by atoms with E-state index in [-0.39, 0.29) is 12.0 Å². The Morgan fingerprint density at radius 3 is 2.67 bits per heavy atom. The summed E-state index contributed by atoms with van der Waals surface area (Å²) in [5.41, 5.74) is 0. The van der Waals surface area contributed by atoms with Crippen molar-refractivity contribution in [1.82, 2.24) is 0 Å². The van der Waals surface area contributed by atoms with Crippen molar-refractivity contribution in [1.29, 1.82) is 0 Å². The van der Waals surface area contributed by atoms with Gasteiger partial charge in [0.15, 0.2) is 0 Å². The topological polar surface area (TPSA) is 35.5 Å². The van der Waals surface area contributed by atoms with Gasteiger partial charge in [0.1, 0.15) is 12.4 Å². The van der Waals surface area contributed by atoms with Crippen molar-refractivity contribution >= 4 is 17.8 Å². The van der Waals surface area contributed by atoms with E-state index < -0.39 is 6.16 Å². The van der Waals surface area contributed by atoms with Gasteiger partial charge in [0.25, 0.3) is 0 Å². The van der Waals surface area contributed by atoms with Crippen LogP contribution < -0.4 is 4.74 Å². The Kier molecular flexibility index (Phi) is 4.98. The van der Waals surface area contributed by atoms with Crippen LogP contribution in [0.25, 0.3) is 0 Å². The van der Waals surface area contributed by atoms with Crippen LogP contribution in [0.15, 0.2) is 30.3 Å². The SMILES string of the molecule is CCC(Cl)COC(=O)Oc1ccccc1. The molecule has 0 radical (unpaired) electrons. The zero-order valence-electron chi connectivity index (χ0n) is 8.48. The minimum atomic E-state index is -0.722. The van der Waals surface area contributed by atoms with Gasteiger partial charge in [-0.25, -0.2) is 4.79 Å². The predicted octanol–water partition coefficient (Wildman–Crippen LogP) is 3.22. The maximum atomic E-state index is 11.1. The van der Waals surface area contributed by atoms with Crippen molar-refractivity contribution in [3.05, 3.63) is 30.3 Å². The van der Waals surface area contributed by atoms with E-state index in [1.54, 1.807) is 24.3 Å². The van der Waals surface area contributed by atoms with Gasteiger partial charge in [-0.1, -0.05) is 25.1 Å². The monoisotopic (exact) mass is 228 g/mol. The number of halogens is 1. The van der Waals surface area contributed by atoms with Gasteiger partial charge < -0.3 is 9.47 Å². The average molecular weight is 229 g/mol. The summed E-state index contributed by atoms with van der Waals surface area (Å²) < 4.78 is 9.69. The molecule has 1 aromatic rings. The van der Waals surface area contributed by atoms with Gasteiger partial charge in [-0.2, -0.15) is 0 Å². The number of carbonyl (C=O) groups excluding carboxylic acids is 1. The second kappa shape index (κ2) is 6.30. The number of hydrogen-bond acceptors (Lipinski definition) is 3. The fourth-order valence-electron chi connectivity index (χ4n) is 0.891. The summed E-state index contributed by atoms with van der Waals surface area (Å²) in [6.45, 7) is 2.09. The van der Waals surface area contributed by atoms with Crippen molar-refractivity contribution in [2.45, 2.75) is 18.7 Å². The van der Waals surface area contributed by atoms with Gasteiger partial charge in [0.05, 0.1) is 5.38 Å². The maximum absolute atomic E-state index is 11.1. The molecular weight excluding hydrogens is 216 g/mol. The molecule has 1 rings (SSSR count). The van der Waals surface area contributed by atoms with Gasteiger partial charge in [-0.15, -0.1) is 11.6 Å². The molecule has 0 bridgehead atoms. The fraction of sp³-hybridized carbons (Fsp3) is 0.364. The number of alkyl halides is 1. The Labute approximate surface area is 93.9 Å². The minimum absolute atomic E-state index is 0.159. The molecule has 0 N–H and O–H groups in total. The summed E-state index contributed by atoms with van der Waals surface area (Å²) in [7, 11) is 0. The van der Waals surface area contributed by atoms with Gasteiger partial charge >= 0.3 is 6.16 Å². The molecule has 4 heteroatoms. The first-order valence-corrected chi connectivity index (χ1v) is 5.19. The summed E-state index contributed by atoms with van der Waals surface area (Å²) >= 11 is 5.78. The molecule has 15 heavy (non-hydrogen) atoms. The fourth-order valence-corrected chi connectivity index (χ4v) is 0.954. The Bertz CT molecular complexity index is 300. The molecule has 0 aliphatic heterocycles. The zero-order chi connectivity index (χ0) is 11.1. The third kappa shape index (κ3) is 4.70. The van der Waals surface area contributed by atoms with E-state index in [0.29, 0.717) is 5.75 Å². The van der Waals surface area contributed by atoms with E-state index in [1.165, 1.54) is 0 Å². The lowest BCUT2D eigenvalue weighted by Crippen LogP contribution is -2.16. The normalized spacial score (nSPS) is 11.9. The molecule has 0 spiro atoms. The molecule has 0 aliphatic rings. The van der Waals surface area contributed by atoms with Gasteiger partial charge in [-0.05, 0) is 18.6 Å². The quantitative estimate of drug-likeness (QED) is 0.451. The van der Waals surface area contributed by atoms with E-state index >= 15 is 0 Å². The first-order chi connectivity index (χ1) is 7.22. The Balaban J connectivity index is 2.31. The third-order valence-electron chi connectivity index (χ3n) is 1.77. The minimum Gasteiger partial charge on any atom is -0.432 e. The molecule has 0 heterocycles. The van der Waals surface area contributed by atoms with Crippen LogP contribution in [0.1, 0.15) is 13.3 Å². The summed E-state index contributed by atoms with van der Waals surface area (Å²) in [6, 6.07) is 8.75. The van der Waals surface area contributed by atoms with Gasteiger partial charge in [0, 0.05) is 0 Å². The molecular formula is C11H13ClO3. The summed E-state index contributed by atoms with van der Waals surface area (Å²) in [5, 5.41) is -0.159. The van der Waals surface area contributed by atoms with E-state index in [1.807, 2.05) is 13.0 Å². The van der Waals surface area contributed by atoms with E-state index in [4.69, 9.17) is 21.1 Å². The van der Waals surface area contributed by atoms with Crippen LogP contribution in [0.4, 0.5) is 4.79 Å². The molecule has 3 nitrogen and oxygen atoms in total. The standard InChI is InChI=1S/C11H13ClO3/c1-2-9(12)8-14-11(13)15-10-6-4-3-5-7-10/h3-7,9H,2,8H2,1H3. The number of benzene rings is 1. The van der Waals surface area contributed by atoms with E-state index in [2.05, 4.69) is 0 Å². The molecule has 0 fully saturated rings. The smallest absolute Gasteiger partial charge is 0.432 e. The lowest BCUT2D eigenvalue weighted by Gasteiger charge is -2.08. The Morgan fingerprint density at radius 1 is 1.40 bits per heavy atom. The van der Waals surface area contributed by atoms with Crippen molar-refractivity contribution < 1.29 is 14.3 Å². The summed E-state index contributed by atoms with van der Waals surface area (Å²) in [5.74, 6) is 0.463. The van der Waals surface area contributed by atoms with E-state index in [9.17, 15) is 4.79 Å². The Morgan fingerprint density at radius 2 is 2.07 bits per heavy atom. The number of rotatable bonds is 4. The van der Waals surface area contributed by atoms with Crippen LogP contribution >= 0.6 is 11.6 Å². The molecule has 0 aromatic heterocycles. The molecule has 0 aliphatic carbocycles. The largest absolute Gasteiger partial charge is 0.513 e. The van der Waals surface area contributed by atoms with Crippen molar-refractivity contribution in [3.8, 4) is 5.75 Å². The van der Waals surface area contributed by atoms with Gasteiger partial charge in [0.2, 0.25) is 0 Å². The van der Waals surface area contributed by atoms with Crippen LogP contribution in [0.2, 0.25) is 0 Å². The van der Waals surface area contributed by atoms with Crippen LogP contribution in [-0.2, 0) is 4.74 Å². The summed E-state index contributed by atoms with van der Waals surface area (Å²) in [6.07, 6.45) is 0.0282. The highest BCUT2D eigenvalue weighted by Gasteiger charge is 2.08. The van der Waals surface area contributed by atoms with Crippen molar-refractivity contribution in [2.24, 2.45) is 0 Å². The van der Waals surface area contributed by atoms with Crippen LogP contribution in [0, 0.1) is 0 Å². The molecule has 0 saturated heterocycles. The van der Waals surface area contributed by atoms with Crippen LogP contribution in [0.3, 0.4) is 0 Å². The zero-order valence-corrected chi connectivity index (χ0v) is 9.24. The average Bonchev–Trinajstić information content (AvgIpc) is 2.27. The number of carbonyl (C=O) groups is 1. The second-order valence-electron chi connectivity index (χ2n) is 2.98. The maximum Gasteiger partial charge on any atom is 0.513 e. The lowest BCUT2D eigenvalue weighted by molar-refractivity contribution is 0.0987. The van der Waals surface area contributed by atoms with Crippen LogP contribution in [0.5, 0.6) is 5.75 Å². The van der Waals surface area contributed by atoms with Gasteiger partial charge in [-0.3, -0.25) is 0 Å². The van der Waals surface area contributed by atoms with Crippen LogP contribution in [-0.4, -0.2) is 18.1 Å². The molecule has 82 valence electrons. The highest BCUT2D eigenvalue weighted by Crippen LogP contribution is 2.09. The highest BCUT2D eigenvalue weighted by atomic mass is 35.5. The Hall–Kier alpha value is -1.22. The molecule has 0 saturated carbocycles. The second-order valence-corrected chi connectivity index (χ2v) is 3.60. The number of ether oxygens (including phenoxy) is 2. The first kappa shape index (κ1) is 11.9. The third-order valence-corrected chi connectivity index (χ3v) is 2.20. The number of hydrogen-bond donors (Lipinski definition) is 0. The number of para-hydroxylation sites is 1. The summed E-state index contributed by atoms with van der Waals surface area (Å²) in [4.78, 5) is 11.1. The van der Waals surface area contributed by atoms with E-state index in [0.717, 1.165) is 6.42 Å². The highest BCUT2D eigenvalue weighted by molar-refractivity contribution is 6.20.